The number of piperazine rings is 1. The third kappa shape index (κ3) is 5.99. The second-order valence-corrected chi connectivity index (χ2v) is 9.54. The summed E-state index contributed by atoms with van der Waals surface area (Å²) in [6.07, 6.45) is 0. The molecule has 2 amide bonds. The monoisotopic (exact) mass is 560 g/mol. The maximum atomic E-state index is 12.9. The number of ether oxygens (including phenoxy) is 3. The summed E-state index contributed by atoms with van der Waals surface area (Å²) in [5.74, 6) is 0.143. The number of rotatable bonds is 5. The van der Waals surface area contributed by atoms with Crippen LogP contribution in [0, 0.1) is 0 Å². The van der Waals surface area contributed by atoms with E-state index < -0.39 is 11.9 Å². The lowest BCUT2D eigenvalue weighted by Gasteiger charge is -2.37. The molecule has 0 bridgehead atoms. The van der Waals surface area contributed by atoms with Crippen molar-refractivity contribution in [3.63, 3.8) is 0 Å². The van der Waals surface area contributed by atoms with Gasteiger partial charge in [-0.3, -0.25) is 14.9 Å². The molecule has 1 fully saturated rings. The fourth-order valence-corrected chi connectivity index (χ4v) is 4.79. The van der Waals surface area contributed by atoms with Gasteiger partial charge in [-0.1, -0.05) is 18.2 Å². The number of hydrogen-bond donors (Lipinski definition) is 2. The Hall–Kier alpha value is -4.64. The van der Waals surface area contributed by atoms with Crippen LogP contribution in [-0.4, -0.2) is 74.3 Å². The highest BCUT2D eigenvalue weighted by molar-refractivity contribution is 7.80. The lowest BCUT2D eigenvalue weighted by atomic mass is 10.1. The molecule has 2 N–H and O–H groups in total. The van der Waals surface area contributed by atoms with E-state index in [0.29, 0.717) is 73.3 Å². The standard InChI is InChI=1S/C29H28N4O6S/c1-37-28(36)21-7-9-23(32-11-13-33(14-12-32)27(35)19-5-3-2-4-6-19)22(17-21)30-29(40)31-26(34)20-8-10-24-25(18-20)39-16-15-38-24/h2-10,17-18H,11-16H2,1H3,(H2,30,31,34,40). The third-order valence-corrected chi connectivity index (χ3v) is 6.83. The first-order valence-corrected chi connectivity index (χ1v) is 13.2. The number of fused-ring (bicyclic) bond motifs is 1. The van der Waals surface area contributed by atoms with Crippen LogP contribution in [0.4, 0.5) is 11.4 Å². The number of benzene rings is 3. The lowest BCUT2D eigenvalue weighted by molar-refractivity contribution is 0.0600. The minimum Gasteiger partial charge on any atom is -0.486 e. The Bertz CT molecular complexity index is 1440. The van der Waals surface area contributed by atoms with Crippen LogP contribution in [0.25, 0.3) is 0 Å². The molecule has 0 unspecified atom stereocenters. The molecule has 11 heteroatoms. The van der Waals surface area contributed by atoms with Crippen LogP contribution in [0.1, 0.15) is 31.1 Å². The van der Waals surface area contributed by atoms with Gasteiger partial charge in [-0.15, -0.1) is 0 Å². The number of nitrogens with one attached hydrogen (secondary N) is 2. The Labute approximate surface area is 236 Å². The molecule has 0 atom stereocenters. The van der Waals surface area contributed by atoms with Crippen LogP contribution in [-0.2, 0) is 4.74 Å². The Kier molecular flexibility index (Phi) is 8.11. The van der Waals surface area contributed by atoms with Crippen molar-refractivity contribution in [3.05, 3.63) is 83.4 Å². The highest BCUT2D eigenvalue weighted by Gasteiger charge is 2.25. The highest BCUT2D eigenvalue weighted by Crippen LogP contribution is 2.31. The fraction of sp³-hybridized carbons (Fsp3) is 0.241. The molecule has 3 aromatic rings. The van der Waals surface area contributed by atoms with Gasteiger partial charge in [-0.2, -0.15) is 0 Å². The molecule has 40 heavy (non-hydrogen) atoms. The summed E-state index contributed by atoms with van der Waals surface area (Å²) in [6.45, 7) is 3.06. The Morgan fingerprint density at radius 3 is 2.25 bits per heavy atom. The van der Waals surface area contributed by atoms with Crippen LogP contribution in [0.15, 0.2) is 66.7 Å². The van der Waals surface area contributed by atoms with Gasteiger partial charge in [-0.25, -0.2) is 4.79 Å². The lowest BCUT2D eigenvalue weighted by Crippen LogP contribution is -2.49. The van der Waals surface area contributed by atoms with Gasteiger partial charge >= 0.3 is 5.97 Å². The number of carbonyl (C=O) groups excluding carboxylic acids is 3. The smallest absolute Gasteiger partial charge is 0.337 e. The first-order chi connectivity index (χ1) is 19.4. The zero-order valence-electron chi connectivity index (χ0n) is 21.8. The topological polar surface area (TPSA) is 109 Å². The molecule has 2 aliphatic heterocycles. The van der Waals surface area contributed by atoms with Crippen molar-refractivity contribution in [2.45, 2.75) is 0 Å². The number of nitrogens with zero attached hydrogens (tertiary/aromatic N) is 2. The van der Waals surface area contributed by atoms with Gasteiger partial charge < -0.3 is 29.3 Å². The molecular formula is C29H28N4O6S. The average molecular weight is 561 g/mol. The van der Waals surface area contributed by atoms with Crippen LogP contribution in [0.2, 0.25) is 0 Å². The number of anilines is 2. The van der Waals surface area contributed by atoms with Crippen molar-refractivity contribution < 1.29 is 28.6 Å². The van der Waals surface area contributed by atoms with Crippen LogP contribution in [0.5, 0.6) is 11.5 Å². The quantitative estimate of drug-likeness (QED) is 0.359. The second kappa shape index (κ2) is 12.0. The number of methoxy groups -OCH3 is 1. The van der Waals surface area contributed by atoms with E-state index in [1.54, 1.807) is 36.4 Å². The molecule has 5 rings (SSSR count). The molecule has 2 aliphatic rings. The van der Waals surface area contributed by atoms with Crippen LogP contribution >= 0.6 is 12.2 Å². The number of hydrogen-bond acceptors (Lipinski definition) is 8. The number of carbonyl (C=O) groups is 3. The van der Waals surface area contributed by atoms with E-state index in [4.69, 9.17) is 26.4 Å². The molecule has 206 valence electrons. The maximum absolute atomic E-state index is 12.9. The van der Waals surface area contributed by atoms with Gasteiger partial charge in [0.25, 0.3) is 11.8 Å². The zero-order chi connectivity index (χ0) is 28.1. The predicted molar refractivity (Wildman–Crippen MR) is 153 cm³/mol. The Morgan fingerprint density at radius 1 is 0.825 bits per heavy atom. The first kappa shape index (κ1) is 26.9. The summed E-state index contributed by atoms with van der Waals surface area (Å²) in [4.78, 5) is 41.9. The van der Waals surface area contributed by atoms with E-state index in [-0.39, 0.29) is 11.0 Å². The minimum atomic E-state index is -0.501. The highest BCUT2D eigenvalue weighted by atomic mass is 32.1. The normalized spacial score (nSPS) is 14.2. The molecule has 1 saturated heterocycles. The second-order valence-electron chi connectivity index (χ2n) is 9.14. The summed E-state index contributed by atoms with van der Waals surface area (Å²) >= 11 is 5.45. The van der Waals surface area contributed by atoms with E-state index in [1.807, 2.05) is 35.2 Å². The largest absolute Gasteiger partial charge is 0.486 e. The Balaban J connectivity index is 1.29. The molecule has 0 spiro atoms. The summed E-state index contributed by atoms with van der Waals surface area (Å²) in [5, 5.41) is 5.80. The Morgan fingerprint density at radius 2 is 1.52 bits per heavy atom. The molecule has 0 aromatic heterocycles. The van der Waals surface area contributed by atoms with Crippen molar-refractivity contribution >= 4 is 46.5 Å². The summed E-state index contributed by atoms with van der Waals surface area (Å²) in [5.41, 5.74) is 2.64. The predicted octanol–water partition coefficient (Wildman–Crippen LogP) is 3.33. The maximum Gasteiger partial charge on any atom is 0.337 e. The van der Waals surface area contributed by atoms with Gasteiger partial charge in [0.2, 0.25) is 0 Å². The van der Waals surface area contributed by atoms with E-state index in [9.17, 15) is 14.4 Å². The minimum absolute atomic E-state index is 0.0114. The van der Waals surface area contributed by atoms with Crippen LogP contribution < -0.4 is 25.0 Å². The van der Waals surface area contributed by atoms with Crippen molar-refractivity contribution in [2.75, 3.05) is 56.7 Å². The van der Waals surface area contributed by atoms with Crippen molar-refractivity contribution in [1.82, 2.24) is 10.2 Å². The summed E-state index contributed by atoms with van der Waals surface area (Å²) in [6, 6.07) is 19.2. The van der Waals surface area contributed by atoms with Gasteiger partial charge in [-0.05, 0) is 60.7 Å². The van der Waals surface area contributed by atoms with Gasteiger partial charge in [0.15, 0.2) is 16.6 Å². The SMILES string of the molecule is COC(=O)c1ccc(N2CCN(C(=O)c3ccccc3)CC2)c(NC(=S)NC(=O)c2ccc3c(c2)OCCO3)c1. The van der Waals surface area contributed by atoms with Gasteiger partial charge in [0, 0.05) is 37.3 Å². The van der Waals surface area contributed by atoms with E-state index in [0.717, 1.165) is 5.69 Å². The fourth-order valence-electron chi connectivity index (χ4n) is 4.58. The van der Waals surface area contributed by atoms with Crippen LogP contribution in [0.3, 0.4) is 0 Å². The van der Waals surface area contributed by atoms with Crippen molar-refractivity contribution in [3.8, 4) is 11.5 Å². The summed E-state index contributed by atoms with van der Waals surface area (Å²) < 4.78 is 16.0. The van der Waals surface area contributed by atoms with Gasteiger partial charge in [0.05, 0.1) is 24.0 Å². The number of amides is 2. The zero-order valence-corrected chi connectivity index (χ0v) is 22.7. The number of esters is 1. The van der Waals surface area contributed by atoms with E-state index in [1.165, 1.54) is 7.11 Å². The van der Waals surface area contributed by atoms with E-state index in [2.05, 4.69) is 15.5 Å². The molecule has 10 nitrogen and oxygen atoms in total. The molecule has 0 aliphatic carbocycles. The molecule has 0 radical (unpaired) electrons. The average Bonchev–Trinajstić information content (AvgIpc) is 3.00. The van der Waals surface area contributed by atoms with Crippen molar-refractivity contribution in [2.24, 2.45) is 0 Å². The third-order valence-electron chi connectivity index (χ3n) is 6.63. The molecule has 0 saturated carbocycles. The van der Waals surface area contributed by atoms with Crippen molar-refractivity contribution in [1.29, 1.82) is 0 Å². The molecule has 2 heterocycles. The number of thiocarbonyl (C=S) groups is 1. The molecular weight excluding hydrogens is 532 g/mol. The van der Waals surface area contributed by atoms with E-state index >= 15 is 0 Å². The first-order valence-electron chi connectivity index (χ1n) is 12.8. The van der Waals surface area contributed by atoms with Gasteiger partial charge in [0.1, 0.15) is 13.2 Å². The molecule has 3 aromatic carbocycles. The summed E-state index contributed by atoms with van der Waals surface area (Å²) in [7, 11) is 1.31.